The minimum absolute atomic E-state index is 0.0325. The summed E-state index contributed by atoms with van der Waals surface area (Å²) in [6, 6.07) is 0. The van der Waals surface area contributed by atoms with Crippen LogP contribution in [0.4, 0.5) is 0 Å². The molecule has 0 saturated carbocycles. The average molecular weight is 888 g/mol. The molecular weight excluding hydrogens is 815 g/mol. The molecule has 0 amide bonds. The summed E-state index contributed by atoms with van der Waals surface area (Å²) in [7, 11) is 3.27. The normalized spacial score (nSPS) is 46.4. The van der Waals surface area contributed by atoms with Gasteiger partial charge in [-0.05, 0) is 62.8 Å². The number of nitrogens with two attached hydrogens (primary N) is 1. The lowest BCUT2D eigenvalue weighted by Crippen LogP contribution is -2.58. The van der Waals surface area contributed by atoms with Gasteiger partial charge in [0.1, 0.15) is 42.0 Å². The molecule has 6 heterocycles. The summed E-state index contributed by atoms with van der Waals surface area (Å²) >= 11 is 0. The second-order valence-corrected chi connectivity index (χ2v) is 19.1. The lowest BCUT2D eigenvalue weighted by atomic mass is 9.71. The van der Waals surface area contributed by atoms with E-state index in [4.69, 9.17) is 58.1 Å². The number of rotatable bonds is 9. The monoisotopic (exact) mass is 888 g/mol. The average Bonchev–Trinajstić information content (AvgIpc) is 3.60. The fourth-order valence-electron chi connectivity index (χ4n) is 10.7. The quantitative estimate of drug-likeness (QED) is 0.154. The van der Waals surface area contributed by atoms with Crippen LogP contribution < -0.4 is 5.90 Å². The molecule has 63 heavy (non-hydrogen) atoms. The molecule has 4 N–H and O–H groups in total. The van der Waals surface area contributed by atoms with Crippen molar-refractivity contribution >= 4 is 5.97 Å². The summed E-state index contributed by atoms with van der Waals surface area (Å²) in [5.74, 6) is 2.99. The molecule has 15 heteroatoms. The zero-order valence-electron chi connectivity index (χ0n) is 38.8. The largest absolute Gasteiger partial charge is 0.462 e. The molecule has 7 rings (SSSR count). The summed E-state index contributed by atoms with van der Waals surface area (Å²) < 4.78 is 64.1. The molecule has 20 atom stereocenters. The first-order chi connectivity index (χ1) is 30.0. The number of carbonyl (C=O) groups excluding carboxylic acids is 1. The Hall–Kier alpha value is -2.35. The van der Waals surface area contributed by atoms with Gasteiger partial charge in [-0.15, -0.1) is 0 Å². The van der Waals surface area contributed by atoms with Gasteiger partial charge in [-0.1, -0.05) is 70.6 Å². The van der Waals surface area contributed by atoms with Gasteiger partial charge in [0.05, 0.1) is 49.3 Å². The first-order valence-electron chi connectivity index (χ1n) is 23.1. The van der Waals surface area contributed by atoms with E-state index in [1.807, 2.05) is 39.0 Å². The van der Waals surface area contributed by atoms with Crippen molar-refractivity contribution in [3.63, 3.8) is 0 Å². The van der Waals surface area contributed by atoms with Gasteiger partial charge in [0.25, 0.3) is 0 Å². The van der Waals surface area contributed by atoms with E-state index < -0.39 is 78.6 Å². The Morgan fingerprint density at radius 1 is 0.905 bits per heavy atom. The highest BCUT2D eigenvalue weighted by Gasteiger charge is 2.60. The van der Waals surface area contributed by atoms with Gasteiger partial charge in [-0.3, -0.25) is 9.63 Å². The Morgan fingerprint density at radius 2 is 1.59 bits per heavy atom. The van der Waals surface area contributed by atoms with Crippen LogP contribution in [0.5, 0.6) is 0 Å². The highest BCUT2D eigenvalue weighted by molar-refractivity contribution is 5.78. The van der Waals surface area contributed by atoms with E-state index in [0.717, 1.165) is 12.0 Å². The van der Waals surface area contributed by atoms with E-state index in [1.165, 1.54) is 0 Å². The minimum atomic E-state index is -1.84. The standard InChI is InChI=1S/C48H73NO14/c1-11-25(2)42-28(5)17-18-47(62-42)23-34-20-33(61-47)16-15-27(4)41(26(3)13-12-14-32-24-55-45-40(50)29(6)19-35(46(51)58-34)48(32,45)52)59-38-21-36(53-9)43(30(7)56-38)60-39-22-37(54-10)44(63-49)31(8)57-39/h12-15,17-19,25-26,28,30-31,33-45,50,52H,11,16,20-24,49H2,1-10H3/t25?,26-,28-,30-,31-,33+,34-,35-,36-,37-,38-,39-,40+,41-,42+,43-,44+,45+,47+,48+/m0/s1. The Bertz CT molecular complexity index is 1750. The van der Waals surface area contributed by atoms with Crippen LogP contribution in [0, 0.1) is 23.7 Å². The van der Waals surface area contributed by atoms with Crippen molar-refractivity contribution in [1.82, 2.24) is 0 Å². The third-order valence-corrected chi connectivity index (χ3v) is 14.6. The highest BCUT2D eigenvalue weighted by Crippen LogP contribution is 2.47. The van der Waals surface area contributed by atoms with E-state index >= 15 is 0 Å². The number of ether oxygens (including phenoxy) is 10. The van der Waals surface area contributed by atoms with Crippen LogP contribution in [0.1, 0.15) is 93.9 Å². The summed E-state index contributed by atoms with van der Waals surface area (Å²) in [5, 5.41) is 23.7. The van der Waals surface area contributed by atoms with Crippen LogP contribution in [-0.2, 0) is 57.0 Å². The predicted molar refractivity (Wildman–Crippen MR) is 230 cm³/mol. The number of aliphatic hydroxyl groups excluding tert-OH is 1. The summed E-state index contributed by atoms with van der Waals surface area (Å²) in [6.07, 6.45) is 9.24. The molecule has 0 aromatic heterocycles. The van der Waals surface area contributed by atoms with Gasteiger partial charge >= 0.3 is 5.97 Å². The summed E-state index contributed by atoms with van der Waals surface area (Å²) in [4.78, 5) is 19.5. The first-order valence-corrected chi connectivity index (χ1v) is 23.1. The highest BCUT2D eigenvalue weighted by atomic mass is 16.7. The number of aliphatic hydroxyl groups is 2. The Morgan fingerprint density at radius 3 is 2.27 bits per heavy atom. The number of carbonyl (C=O) groups is 1. The van der Waals surface area contributed by atoms with Crippen LogP contribution in [0.25, 0.3) is 0 Å². The van der Waals surface area contributed by atoms with E-state index in [2.05, 4.69) is 39.8 Å². The molecule has 4 fully saturated rings. The minimum Gasteiger partial charge on any atom is -0.462 e. The van der Waals surface area contributed by atoms with E-state index in [-0.39, 0.29) is 54.9 Å². The SMILES string of the molecule is CCC(C)[C@H]1O[C@]2(C=C[C@@H]1C)C[C@@H]1C[C@@H](CC=C(C)[C@@H](O[C@H]3C[C@H](OC)[C@@H](O[C@H]4C[C@H](OC)[C@H](ON)[C@H](C)O4)[C@H](C)O3)[C@@H](C)C=CC=C3CO[C@@H]4[C@H](O)C(C)=C[C@@H](C(=O)O1)[C@]34O)O2. The molecule has 15 nitrogen and oxygen atoms in total. The predicted octanol–water partition coefficient (Wildman–Crippen LogP) is 5.28. The molecule has 2 bridgehead atoms. The topological polar surface area (TPSA) is 185 Å². The summed E-state index contributed by atoms with van der Waals surface area (Å²) in [5.41, 5.74) is 0.139. The molecule has 1 spiro atoms. The Kier molecular flexibility index (Phi) is 15.6. The fraction of sp³-hybridized carbons (Fsp3) is 0.771. The zero-order valence-corrected chi connectivity index (χ0v) is 38.8. The van der Waals surface area contributed by atoms with Crippen LogP contribution >= 0.6 is 0 Å². The number of hydrogen-bond acceptors (Lipinski definition) is 15. The third-order valence-electron chi connectivity index (χ3n) is 14.6. The summed E-state index contributed by atoms with van der Waals surface area (Å²) in [6.45, 7) is 16.2. The number of fused-ring (bicyclic) bond motifs is 2. The number of esters is 1. The maximum atomic E-state index is 14.4. The Balaban J connectivity index is 1.18. The lowest BCUT2D eigenvalue weighted by molar-refractivity contribution is -0.321. The van der Waals surface area contributed by atoms with Gasteiger partial charge in [0.15, 0.2) is 18.4 Å². The van der Waals surface area contributed by atoms with Crippen molar-refractivity contribution in [2.75, 3.05) is 20.8 Å². The number of methoxy groups -OCH3 is 2. The lowest BCUT2D eigenvalue weighted by Gasteiger charge is -2.48. The van der Waals surface area contributed by atoms with E-state index in [0.29, 0.717) is 43.3 Å². The van der Waals surface area contributed by atoms with Crippen molar-refractivity contribution < 1.29 is 67.2 Å². The molecule has 1 aliphatic carbocycles. The first kappa shape index (κ1) is 48.6. The third kappa shape index (κ3) is 10.0. The molecule has 0 radical (unpaired) electrons. The van der Waals surface area contributed by atoms with Gasteiger partial charge in [-0.25, -0.2) is 5.90 Å². The Labute approximate surface area is 373 Å². The molecule has 354 valence electrons. The second-order valence-electron chi connectivity index (χ2n) is 19.1. The molecule has 0 aromatic rings. The van der Waals surface area contributed by atoms with Gasteiger partial charge in [-0.2, -0.15) is 0 Å². The zero-order chi connectivity index (χ0) is 45.4. The smallest absolute Gasteiger partial charge is 0.316 e. The molecule has 1 unspecified atom stereocenters. The van der Waals surface area contributed by atoms with Crippen molar-refractivity contribution in [1.29, 1.82) is 0 Å². The second kappa shape index (κ2) is 20.3. The molecule has 7 aliphatic rings. The van der Waals surface area contributed by atoms with E-state index in [9.17, 15) is 15.0 Å². The van der Waals surface area contributed by atoms with Gasteiger partial charge in [0, 0.05) is 51.7 Å². The molecule has 4 saturated heterocycles. The van der Waals surface area contributed by atoms with Crippen molar-refractivity contribution in [3.8, 4) is 0 Å². The van der Waals surface area contributed by atoms with Gasteiger partial charge < -0.3 is 57.6 Å². The van der Waals surface area contributed by atoms with Crippen molar-refractivity contribution in [2.24, 2.45) is 29.6 Å². The number of hydrogen-bond donors (Lipinski definition) is 3. The fourth-order valence-corrected chi connectivity index (χ4v) is 10.7. The van der Waals surface area contributed by atoms with Crippen LogP contribution in [0.2, 0.25) is 0 Å². The molecule has 6 aliphatic heterocycles. The van der Waals surface area contributed by atoms with Crippen molar-refractivity contribution in [2.45, 2.75) is 191 Å². The van der Waals surface area contributed by atoms with E-state index in [1.54, 1.807) is 33.3 Å². The van der Waals surface area contributed by atoms with Crippen LogP contribution in [-0.4, -0.2) is 134 Å². The van der Waals surface area contributed by atoms with Crippen LogP contribution in [0.15, 0.2) is 59.3 Å². The van der Waals surface area contributed by atoms with Gasteiger partial charge in [0.2, 0.25) is 0 Å². The number of allylic oxidation sites excluding steroid dienone is 2. The molecular formula is C48H73NO14. The molecule has 0 aromatic carbocycles. The van der Waals surface area contributed by atoms with Crippen molar-refractivity contribution in [3.05, 3.63) is 59.3 Å². The van der Waals surface area contributed by atoms with Crippen LogP contribution in [0.3, 0.4) is 0 Å². The maximum absolute atomic E-state index is 14.4. The maximum Gasteiger partial charge on any atom is 0.316 e.